The number of aromatic carboxylic acids is 1. The largest absolute Gasteiger partial charge is 0.493 e. The van der Waals surface area contributed by atoms with Gasteiger partial charge in [0.1, 0.15) is 17.3 Å². The van der Waals surface area contributed by atoms with Crippen molar-refractivity contribution < 1.29 is 19.4 Å². The van der Waals surface area contributed by atoms with Gasteiger partial charge in [-0.3, -0.25) is 4.57 Å². The third kappa shape index (κ3) is 2.55. The van der Waals surface area contributed by atoms with E-state index in [2.05, 4.69) is 9.97 Å². The molecule has 1 N–H and O–H groups in total. The summed E-state index contributed by atoms with van der Waals surface area (Å²) in [4.78, 5) is 19.4. The van der Waals surface area contributed by atoms with Gasteiger partial charge in [0.2, 0.25) is 0 Å². The molecular formula is C15H12ClN3O4. The molecule has 0 aliphatic carbocycles. The molecule has 0 spiro atoms. The van der Waals surface area contributed by atoms with Gasteiger partial charge in [0.05, 0.1) is 30.8 Å². The molecule has 7 nitrogen and oxygen atoms in total. The predicted octanol–water partition coefficient (Wildman–Crippen LogP) is 2.79. The Morgan fingerprint density at radius 3 is 2.52 bits per heavy atom. The minimum Gasteiger partial charge on any atom is -0.493 e. The lowest BCUT2D eigenvalue weighted by molar-refractivity contribution is 0.0696. The van der Waals surface area contributed by atoms with Crippen molar-refractivity contribution in [1.82, 2.24) is 14.5 Å². The average molecular weight is 334 g/mol. The number of pyridine rings is 1. The maximum absolute atomic E-state index is 11.0. The molecule has 8 heteroatoms. The highest BCUT2D eigenvalue weighted by molar-refractivity contribution is 6.32. The third-order valence-corrected chi connectivity index (χ3v) is 3.65. The van der Waals surface area contributed by atoms with E-state index in [0.717, 1.165) is 5.52 Å². The van der Waals surface area contributed by atoms with Crippen LogP contribution in [0.4, 0.5) is 0 Å². The quantitative estimate of drug-likeness (QED) is 0.739. The van der Waals surface area contributed by atoms with Gasteiger partial charge >= 0.3 is 5.97 Å². The van der Waals surface area contributed by atoms with E-state index in [1.54, 1.807) is 43.3 Å². The van der Waals surface area contributed by atoms with Crippen molar-refractivity contribution in [2.45, 2.75) is 0 Å². The highest BCUT2D eigenvalue weighted by Gasteiger charge is 2.15. The van der Waals surface area contributed by atoms with Gasteiger partial charge in [-0.1, -0.05) is 11.6 Å². The number of aromatic nitrogens is 3. The van der Waals surface area contributed by atoms with Crippen molar-refractivity contribution in [2.75, 3.05) is 14.2 Å². The molecule has 0 aliphatic heterocycles. The smallest absolute Gasteiger partial charge is 0.338 e. The number of benzene rings is 1. The highest BCUT2D eigenvalue weighted by atomic mass is 35.5. The van der Waals surface area contributed by atoms with Gasteiger partial charge < -0.3 is 14.6 Å². The fraction of sp³-hybridized carbons (Fsp3) is 0.133. The average Bonchev–Trinajstić information content (AvgIpc) is 2.95. The highest BCUT2D eigenvalue weighted by Crippen LogP contribution is 2.32. The molecule has 0 bridgehead atoms. The van der Waals surface area contributed by atoms with Gasteiger partial charge in [0.25, 0.3) is 0 Å². The molecule has 23 heavy (non-hydrogen) atoms. The Hall–Kier alpha value is -2.80. The van der Waals surface area contributed by atoms with E-state index in [0.29, 0.717) is 22.8 Å². The summed E-state index contributed by atoms with van der Waals surface area (Å²) >= 11 is 5.93. The maximum atomic E-state index is 11.0. The van der Waals surface area contributed by atoms with E-state index in [-0.39, 0.29) is 10.7 Å². The fourth-order valence-corrected chi connectivity index (χ4v) is 2.47. The molecule has 0 saturated carbocycles. The topological polar surface area (TPSA) is 86.5 Å². The number of nitrogens with zero attached hydrogens (tertiary/aromatic N) is 3. The van der Waals surface area contributed by atoms with Crippen LogP contribution in [0.3, 0.4) is 0 Å². The van der Waals surface area contributed by atoms with Gasteiger partial charge in [-0.05, 0) is 12.1 Å². The summed E-state index contributed by atoms with van der Waals surface area (Å²) < 4.78 is 12.2. The molecule has 0 radical (unpaired) electrons. The molecule has 0 amide bonds. The summed E-state index contributed by atoms with van der Waals surface area (Å²) in [7, 11) is 3.09. The Morgan fingerprint density at radius 2 is 1.91 bits per heavy atom. The first-order valence-electron chi connectivity index (χ1n) is 6.54. The SMILES string of the molecule is COc1cc2ncn(-c3ccc(C(=O)O)c(Cl)n3)c2cc1OC. The molecule has 2 heterocycles. The van der Waals surface area contributed by atoms with Crippen molar-refractivity contribution in [3.05, 3.63) is 41.3 Å². The van der Waals surface area contributed by atoms with Crippen LogP contribution >= 0.6 is 11.6 Å². The molecule has 0 fully saturated rings. The summed E-state index contributed by atoms with van der Waals surface area (Å²) in [5.74, 6) is 0.443. The van der Waals surface area contributed by atoms with Crippen LogP contribution in [-0.4, -0.2) is 39.8 Å². The molecular weight excluding hydrogens is 322 g/mol. The Balaban J connectivity index is 2.17. The summed E-state index contributed by atoms with van der Waals surface area (Å²) in [6, 6.07) is 6.48. The van der Waals surface area contributed by atoms with Crippen LogP contribution in [0.1, 0.15) is 10.4 Å². The van der Waals surface area contributed by atoms with Crippen molar-refractivity contribution in [1.29, 1.82) is 0 Å². The zero-order chi connectivity index (χ0) is 16.6. The third-order valence-electron chi connectivity index (χ3n) is 3.36. The second-order valence-corrected chi connectivity index (χ2v) is 4.98. The second kappa shape index (κ2) is 5.77. The van der Waals surface area contributed by atoms with Crippen molar-refractivity contribution >= 4 is 28.6 Å². The van der Waals surface area contributed by atoms with Gasteiger partial charge in [0.15, 0.2) is 11.5 Å². The summed E-state index contributed by atoms with van der Waals surface area (Å²) in [5, 5.41) is 8.93. The first-order chi connectivity index (χ1) is 11.0. The number of carbonyl (C=O) groups is 1. The van der Waals surface area contributed by atoms with Crippen LogP contribution in [0.25, 0.3) is 16.9 Å². The van der Waals surface area contributed by atoms with Crippen LogP contribution in [0, 0.1) is 0 Å². The molecule has 0 atom stereocenters. The van der Waals surface area contributed by atoms with Gasteiger partial charge in [0, 0.05) is 12.1 Å². The zero-order valence-corrected chi connectivity index (χ0v) is 13.0. The Labute approximate surface area is 136 Å². The molecule has 0 unspecified atom stereocenters. The van der Waals surface area contributed by atoms with Crippen molar-refractivity contribution in [3.63, 3.8) is 0 Å². The van der Waals surface area contributed by atoms with E-state index < -0.39 is 5.97 Å². The van der Waals surface area contributed by atoms with Crippen molar-refractivity contribution in [2.24, 2.45) is 0 Å². The lowest BCUT2D eigenvalue weighted by Crippen LogP contribution is -2.03. The summed E-state index contributed by atoms with van der Waals surface area (Å²) in [6.07, 6.45) is 1.57. The van der Waals surface area contributed by atoms with E-state index in [4.69, 9.17) is 26.2 Å². The molecule has 2 aromatic heterocycles. The van der Waals surface area contributed by atoms with E-state index in [9.17, 15) is 4.79 Å². The number of ether oxygens (including phenoxy) is 2. The summed E-state index contributed by atoms with van der Waals surface area (Å²) in [5.41, 5.74) is 1.36. The van der Waals surface area contributed by atoms with Crippen LogP contribution in [0.5, 0.6) is 11.5 Å². The number of carboxylic acid groups (broad SMARTS) is 1. The molecule has 3 rings (SSSR count). The number of halogens is 1. The standard InChI is InChI=1S/C15H12ClN3O4/c1-22-11-5-9-10(6-12(11)23-2)19(7-17-9)13-4-3-8(15(20)21)14(16)18-13/h3-7H,1-2H3,(H,20,21). The number of fused-ring (bicyclic) bond motifs is 1. The monoisotopic (exact) mass is 333 g/mol. The lowest BCUT2D eigenvalue weighted by atomic mass is 10.2. The van der Waals surface area contributed by atoms with Crippen LogP contribution in [0.2, 0.25) is 5.15 Å². The van der Waals surface area contributed by atoms with E-state index in [1.807, 2.05) is 0 Å². The first kappa shape index (κ1) is 15.1. The van der Waals surface area contributed by atoms with Crippen LogP contribution < -0.4 is 9.47 Å². The molecule has 0 aliphatic rings. The second-order valence-electron chi connectivity index (χ2n) is 4.62. The Morgan fingerprint density at radius 1 is 1.22 bits per heavy atom. The number of methoxy groups -OCH3 is 2. The van der Waals surface area contributed by atoms with Gasteiger partial charge in [-0.25, -0.2) is 14.8 Å². The zero-order valence-electron chi connectivity index (χ0n) is 12.3. The number of carboxylic acids is 1. The first-order valence-corrected chi connectivity index (χ1v) is 6.92. The van der Waals surface area contributed by atoms with Gasteiger partial charge in [-0.2, -0.15) is 0 Å². The van der Waals surface area contributed by atoms with Gasteiger partial charge in [-0.15, -0.1) is 0 Å². The Bertz CT molecular complexity index is 907. The minimum absolute atomic E-state index is 0.0564. The number of imidazole rings is 1. The van der Waals surface area contributed by atoms with Crippen molar-refractivity contribution in [3.8, 4) is 17.3 Å². The number of hydrogen-bond acceptors (Lipinski definition) is 5. The number of hydrogen-bond donors (Lipinski definition) is 1. The normalized spacial score (nSPS) is 10.7. The van der Waals surface area contributed by atoms with E-state index >= 15 is 0 Å². The summed E-state index contributed by atoms with van der Waals surface area (Å²) in [6.45, 7) is 0. The predicted molar refractivity (Wildman–Crippen MR) is 83.9 cm³/mol. The molecule has 0 saturated heterocycles. The molecule has 1 aromatic carbocycles. The minimum atomic E-state index is -1.13. The number of rotatable bonds is 4. The molecule has 118 valence electrons. The van der Waals surface area contributed by atoms with Crippen LogP contribution in [0.15, 0.2) is 30.6 Å². The van der Waals surface area contributed by atoms with Crippen LogP contribution in [-0.2, 0) is 0 Å². The molecule has 3 aromatic rings. The fourth-order valence-electron chi connectivity index (χ4n) is 2.24. The Kier molecular flexibility index (Phi) is 3.79. The van der Waals surface area contributed by atoms with E-state index in [1.165, 1.54) is 6.07 Å². The maximum Gasteiger partial charge on any atom is 0.338 e. The lowest BCUT2D eigenvalue weighted by Gasteiger charge is -2.09.